The SMILES string of the molecule is CCOCN(C(=O)CCl)c1c(C)csc1C. The molecule has 0 spiro atoms. The highest BCUT2D eigenvalue weighted by molar-refractivity contribution is 7.10. The van der Waals surface area contributed by atoms with Gasteiger partial charge in [-0.1, -0.05) is 0 Å². The monoisotopic (exact) mass is 261 g/mol. The average molecular weight is 262 g/mol. The van der Waals surface area contributed by atoms with E-state index < -0.39 is 0 Å². The van der Waals surface area contributed by atoms with Gasteiger partial charge in [-0.2, -0.15) is 0 Å². The molecule has 0 N–H and O–H groups in total. The van der Waals surface area contributed by atoms with Gasteiger partial charge in [-0.25, -0.2) is 0 Å². The summed E-state index contributed by atoms with van der Waals surface area (Å²) in [5.74, 6) is -0.151. The molecule has 16 heavy (non-hydrogen) atoms. The van der Waals surface area contributed by atoms with Crippen LogP contribution in [0.5, 0.6) is 0 Å². The highest BCUT2D eigenvalue weighted by Crippen LogP contribution is 2.30. The van der Waals surface area contributed by atoms with Crippen molar-refractivity contribution < 1.29 is 9.53 Å². The van der Waals surface area contributed by atoms with E-state index in [2.05, 4.69) is 0 Å². The van der Waals surface area contributed by atoms with Gasteiger partial charge in [0.1, 0.15) is 12.6 Å². The van der Waals surface area contributed by atoms with E-state index in [9.17, 15) is 4.79 Å². The van der Waals surface area contributed by atoms with Crippen molar-refractivity contribution in [3.63, 3.8) is 0 Å². The summed E-state index contributed by atoms with van der Waals surface area (Å²) in [7, 11) is 0. The van der Waals surface area contributed by atoms with Gasteiger partial charge in [0.15, 0.2) is 0 Å². The molecule has 0 radical (unpaired) electrons. The molecular formula is C11H16ClNO2S. The Bertz CT molecular complexity index is 345. The van der Waals surface area contributed by atoms with E-state index >= 15 is 0 Å². The van der Waals surface area contributed by atoms with E-state index in [-0.39, 0.29) is 18.5 Å². The first kappa shape index (κ1) is 13.5. The lowest BCUT2D eigenvalue weighted by molar-refractivity contribution is -0.117. The van der Waals surface area contributed by atoms with Crippen LogP contribution in [0.4, 0.5) is 5.69 Å². The molecule has 3 nitrogen and oxygen atoms in total. The van der Waals surface area contributed by atoms with Crippen molar-refractivity contribution in [1.82, 2.24) is 0 Å². The van der Waals surface area contributed by atoms with Crippen molar-refractivity contribution in [2.24, 2.45) is 0 Å². The van der Waals surface area contributed by atoms with Crippen LogP contribution < -0.4 is 4.90 Å². The molecule has 0 aliphatic rings. The number of anilines is 1. The Labute approximate surface area is 105 Å². The summed E-state index contributed by atoms with van der Waals surface area (Å²) in [4.78, 5) is 14.5. The molecular weight excluding hydrogens is 246 g/mol. The van der Waals surface area contributed by atoms with Gasteiger partial charge in [0, 0.05) is 11.5 Å². The zero-order valence-corrected chi connectivity index (χ0v) is 11.3. The third-order valence-corrected chi connectivity index (χ3v) is 3.48. The van der Waals surface area contributed by atoms with Crippen molar-refractivity contribution in [1.29, 1.82) is 0 Å². The van der Waals surface area contributed by atoms with Crippen LogP contribution in [-0.2, 0) is 9.53 Å². The second kappa shape index (κ2) is 6.23. The van der Waals surface area contributed by atoms with E-state index in [1.54, 1.807) is 16.2 Å². The van der Waals surface area contributed by atoms with Gasteiger partial charge in [0.05, 0.1) is 5.69 Å². The van der Waals surface area contributed by atoms with E-state index in [1.165, 1.54) is 0 Å². The number of amides is 1. The van der Waals surface area contributed by atoms with Gasteiger partial charge >= 0.3 is 0 Å². The Hall–Kier alpha value is -0.580. The minimum atomic E-state index is -0.125. The predicted octanol–water partition coefficient (Wildman–Crippen LogP) is 2.93. The number of ether oxygens (including phenoxy) is 1. The number of carbonyl (C=O) groups excluding carboxylic acids is 1. The molecule has 0 saturated carbocycles. The van der Waals surface area contributed by atoms with Gasteiger partial charge in [0.2, 0.25) is 5.91 Å². The van der Waals surface area contributed by atoms with Crippen LogP contribution in [0.1, 0.15) is 17.4 Å². The molecule has 1 heterocycles. The second-order valence-corrected chi connectivity index (χ2v) is 4.75. The molecule has 0 saturated heterocycles. The molecule has 1 aromatic rings. The van der Waals surface area contributed by atoms with Crippen LogP contribution in [0, 0.1) is 13.8 Å². The zero-order valence-electron chi connectivity index (χ0n) is 9.75. The summed E-state index contributed by atoms with van der Waals surface area (Å²) < 4.78 is 5.30. The molecule has 5 heteroatoms. The highest BCUT2D eigenvalue weighted by atomic mass is 35.5. The first-order chi connectivity index (χ1) is 7.61. The van der Waals surface area contributed by atoms with Crippen molar-refractivity contribution in [2.75, 3.05) is 24.1 Å². The Morgan fingerprint density at radius 2 is 2.25 bits per heavy atom. The largest absolute Gasteiger partial charge is 0.361 e. The Balaban J connectivity index is 2.96. The van der Waals surface area contributed by atoms with Crippen LogP contribution in [0.15, 0.2) is 5.38 Å². The highest BCUT2D eigenvalue weighted by Gasteiger charge is 2.19. The topological polar surface area (TPSA) is 29.5 Å². The summed E-state index contributed by atoms with van der Waals surface area (Å²) in [5, 5.41) is 2.03. The lowest BCUT2D eigenvalue weighted by atomic mass is 10.2. The van der Waals surface area contributed by atoms with Crippen LogP contribution in [0.3, 0.4) is 0 Å². The molecule has 90 valence electrons. The molecule has 0 unspecified atom stereocenters. The standard InChI is InChI=1S/C11H16ClNO2S/c1-4-15-7-13(10(14)5-12)11-8(2)6-16-9(11)3/h6H,4-5,7H2,1-3H3. The number of rotatable bonds is 5. The molecule has 1 rings (SSSR count). The summed E-state index contributed by atoms with van der Waals surface area (Å²) >= 11 is 7.23. The minimum Gasteiger partial charge on any atom is -0.361 e. The van der Waals surface area contributed by atoms with Gasteiger partial charge < -0.3 is 4.74 Å². The molecule has 0 fully saturated rings. The normalized spacial score (nSPS) is 10.5. The summed E-state index contributed by atoms with van der Waals surface area (Å²) in [5.41, 5.74) is 2.02. The van der Waals surface area contributed by atoms with Gasteiger partial charge in [-0.15, -0.1) is 22.9 Å². The third-order valence-electron chi connectivity index (χ3n) is 2.23. The molecule has 0 bridgehead atoms. The number of thiophene rings is 1. The van der Waals surface area contributed by atoms with Crippen LogP contribution in [-0.4, -0.2) is 25.1 Å². The molecule has 0 aliphatic heterocycles. The maximum absolute atomic E-state index is 11.7. The fraction of sp³-hybridized carbons (Fsp3) is 0.545. The number of carbonyl (C=O) groups is 1. The van der Waals surface area contributed by atoms with Crippen LogP contribution in [0.25, 0.3) is 0 Å². The zero-order chi connectivity index (χ0) is 12.1. The fourth-order valence-electron chi connectivity index (χ4n) is 1.48. The smallest absolute Gasteiger partial charge is 0.243 e. The maximum Gasteiger partial charge on any atom is 0.243 e. The number of alkyl halides is 1. The molecule has 1 aromatic heterocycles. The maximum atomic E-state index is 11.7. The van der Waals surface area contributed by atoms with E-state index in [0.717, 1.165) is 16.1 Å². The van der Waals surface area contributed by atoms with Gasteiger partial charge in [-0.05, 0) is 31.7 Å². The van der Waals surface area contributed by atoms with Gasteiger partial charge in [-0.3, -0.25) is 9.69 Å². The molecule has 0 aromatic carbocycles. The molecule has 0 atom stereocenters. The molecule has 1 amide bonds. The number of hydrogen-bond donors (Lipinski definition) is 0. The number of nitrogens with zero attached hydrogens (tertiary/aromatic N) is 1. The van der Waals surface area contributed by atoms with Gasteiger partial charge in [0.25, 0.3) is 0 Å². The summed E-state index contributed by atoms with van der Waals surface area (Å²) in [6.45, 7) is 6.72. The summed E-state index contributed by atoms with van der Waals surface area (Å²) in [6.07, 6.45) is 0. The average Bonchev–Trinajstić information content (AvgIpc) is 2.60. The van der Waals surface area contributed by atoms with E-state index in [4.69, 9.17) is 16.3 Å². The lowest BCUT2D eigenvalue weighted by Gasteiger charge is -2.22. The lowest BCUT2D eigenvalue weighted by Crippen LogP contribution is -2.34. The predicted molar refractivity (Wildman–Crippen MR) is 68.5 cm³/mol. The Morgan fingerprint density at radius 3 is 2.69 bits per heavy atom. The van der Waals surface area contributed by atoms with Crippen molar-refractivity contribution in [3.05, 3.63) is 15.8 Å². The Morgan fingerprint density at radius 1 is 1.56 bits per heavy atom. The number of hydrogen-bond acceptors (Lipinski definition) is 3. The number of halogens is 1. The van der Waals surface area contributed by atoms with E-state index in [1.807, 2.05) is 26.2 Å². The quantitative estimate of drug-likeness (QED) is 0.603. The van der Waals surface area contributed by atoms with Crippen molar-refractivity contribution in [2.45, 2.75) is 20.8 Å². The fourth-order valence-corrected chi connectivity index (χ4v) is 2.48. The van der Waals surface area contributed by atoms with Crippen LogP contribution in [0.2, 0.25) is 0 Å². The van der Waals surface area contributed by atoms with Crippen molar-refractivity contribution in [3.8, 4) is 0 Å². The Kier molecular flexibility index (Phi) is 5.25. The minimum absolute atomic E-state index is 0.0260. The van der Waals surface area contributed by atoms with E-state index in [0.29, 0.717) is 6.61 Å². The summed E-state index contributed by atoms with van der Waals surface area (Å²) in [6, 6.07) is 0. The van der Waals surface area contributed by atoms with Crippen LogP contribution >= 0.6 is 22.9 Å². The third kappa shape index (κ3) is 2.97. The first-order valence-electron chi connectivity index (χ1n) is 5.10. The van der Waals surface area contributed by atoms with Crippen molar-refractivity contribution >= 4 is 34.5 Å². The molecule has 0 aliphatic carbocycles. The second-order valence-electron chi connectivity index (χ2n) is 3.40. The number of aryl methyl sites for hydroxylation is 2. The first-order valence-corrected chi connectivity index (χ1v) is 6.52.